The SMILES string of the molecule is CC(C)[c-]1cccc1.[Co+2].c1cc[cH-]c1. The molecule has 2 aromatic rings. The fourth-order valence-corrected chi connectivity index (χ4v) is 1.09. The smallest absolute Gasteiger partial charge is 0.214 e. The summed E-state index contributed by atoms with van der Waals surface area (Å²) in [5, 5.41) is 0. The quantitative estimate of drug-likeness (QED) is 0.652. The normalized spacial score (nSPS) is 8.79. The molecule has 2 aromatic carbocycles. The van der Waals surface area contributed by atoms with Crippen molar-refractivity contribution in [2.24, 2.45) is 0 Å². The van der Waals surface area contributed by atoms with E-state index in [1.807, 2.05) is 30.3 Å². The van der Waals surface area contributed by atoms with Gasteiger partial charge < -0.3 is 0 Å². The minimum atomic E-state index is 0. The average Bonchev–Trinajstić information content (AvgIpc) is 2.82. The third kappa shape index (κ3) is 5.05. The minimum absolute atomic E-state index is 0. The molecule has 2 rings (SSSR count). The molecule has 1 radical (unpaired) electrons. The van der Waals surface area contributed by atoms with Crippen LogP contribution in [0.25, 0.3) is 0 Å². The van der Waals surface area contributed by atoms with Crippen molar-refractivity contribution in [3.8, 4) is 0 Å². The van der Waals surface area contributed by atoms with Gasteiger partial charge in [0.1, 0.15) is 0 Å². The first-order chi connectivity index (χ1) is 6.30. The molecular formula is C13H16Co. The summed E-state index contributed by atoms with van der Waals surface area (Å²) in [5.41, 5.74) is 1.44. The summed E-state index contributed by atoms with van der Waals surface area (Å²) in [6, 6.07) is 18.5. The molecule has 1 heteroatoms. The Labute approximate surface area is 96.9 Å². The minimum Gasteiger partial charge on any atom is -0.214 e. The van der Waals surface area contributed by atoms with Gasteiger partial charge in [0.25, 0.3) is 0 Å². The van der Waals surface area contributed by atoms with Crippen molar-refractivity contribution in [3.05, 3.63) is 60.2 Å². The van der Waals surface area contributed by atoms with Gasteiger partial charge >= 0.3 is 16.8 Å². The van der Waals surface area contributed by atoms with Gasteiger partial charge in [0, 0.05) is 0 Å². The molecule has 0 atom stereocenters. The molecule has 14 heavy (non-hydrogen) atoms. The number of rotatable bonds is 1. The van der Waals surface area contributed by atoms with Crippen LogP contribution in [0.15, 0.2) is 54.6 Å². The Balaban J connectivity index is 0.000000246. The molecule has 0 unspecified atom stereocenters. The van der Waals surface area contributed by atoms with Gasteiger partial charge in [-0.15, -0.1) is 0 Å². The Morgan fingerprint density at radius 1 is 0.929 bits per heavy atom. The second kappa shape index (κ2) is 7.60. The van der Waals surface area contributed by atoms with Gasteiger partial charge in [-0.1, -0.05) is 19.8 Å². The van der Waals surface area contributed by atoms with Gasteiger partial charge in [-0.05, 0) is 0 Å². The van der Waals surface area contributed by atoms with Crippen LogP contribution in [0.5, 0.6) is 0 Å². The Morgan fingerprint density at radius 3 is 1.64 bits per heavy atom. The fourth-order valence-electron chi connectivity index (χ4n) is 1.09. The fraction of sp³-hybridized carbons (Fsp3) is 0.231. The first-order valence-corrected chi connectivity index (χ1v) is 4.69. The van der Waals surface area contributed by atoms with Crippen LogP contribution in [0.1, 0.15) is 25.3 Å². The molecule has 0 nitrogen and oxygen atoms in total. The molecular weight excluding hydrogens is 215 g/mol. The van der Waals surface area contributed by atoms with E-state index in [-0.39, 0.29) is 16.8 Å². The van der Waals surface area contributed by atoms with Crippen LogP contribution in [-0.4, -0.2) is 0 Å². The molecule has 0 aromatic heterocycles. The predicted octanol–water partition coefficient (Wildman–Crippen LogP) is 3.93. The molecule has 0 aliphatic heterocycles. The molecule has 0 aliphatic rings. The van der Waals surface area contributed by atoms with E-state index < -0.39 is 0 Å². The Hall–Kier alpha value is -0.794. The van der Waals surface area contributed by atoms with Crippen molar-refractivity contribution in [1.82, 2.24) is 0 Å². The average molecular weight is 231 g/mol. The van der Waals surface area contributed by atoms with Crippen molar-refractivity contribution in [2.75, 3.05) is 0 Å². The maximum absolute atomic E-state index is 2.20. The largest absolute Gasteiger partial charge is 2.00 e. The van der Waals surface area contributed by atoms with Crippen molar-refractivity contribution in [3.63, 3.8) is 0 Å². The maximum Gasteiger partial charge on any atom is 2.00 e. The van der Waals surface area contributed by atoms with Crippen LogP contribution in [0.2, 0.25) is 0 Å². The topological polar surface area (TPSA) is 0 Å². The zero-order valence-corrected chi connectivity index (χ0v) is 9.65. The number of hydrogen-bond acceptors (Lipinski definition) is 0. The van der Waals surface area contributed by atoms with Crippen molar-refractivity contribution in [1.29, 1.82) is 0 Å². The van der Waals surface area contributed by atoms with Crippen LogP contribution >= 0.6 is 0 Å². The molecule has 0 fully saturated rings. The molecule has 0 amide bonds. The van der Waals surface area contributed by atoms with Gasteiger partial charge in [0.15, 0.2) is 0 Å². The Kier molecular flexibility index (Phi) is 7.16. The van der Waals surface area contributed by atoms with Crippen LogP contribution in [0.3, 0.4) is 0 Å². The summed E-state index contributed by atoms with van der Waals surface area (Å²) in [4.78, 5) is 0. The van der Waals surface area contributed by atoms with Crippen molar-refractivity contribution < 1.29 is 16.8 Å². The molecule has 0 spiro atoms. The van der Waals surface area contributed by atoms with Crippen LogP contribution in [0.4, 0.5) is 0 Å². The summed E-state index contributed by atoms with van der Waals surface area (Å²) >= 11 is 0. The summed E-state index contributed by atoms with van der Waals surface area (Å²) in [5.74, 6) is 0.685. The first kappa shape index (κ1) is 13.2. The molecule has 77 valence electrons. The van der Waals surface area contributed by atoms with Crippen LogP contribution in [0, 0.1) is 0 Å². The molecule has 0 bridgehead atoms. The Morgan fingerprint density at radius 2 is 1.43 bits per heavy atom. The summed E-state index contributed by atoms with van der Waals surface area (Å²) < 4.78 is 0. The van der Waals surface area contributed by atoms with Gasteiger partial charge in [0.2, 0.25) is 0 Å². The van der Waals surface area contributed by atoms with E-state index in [4.69, 9.17) is 0 Å². The summed E-state index contributed by atoms with van der Waals surface area (Å²) in [6.07, 6.45) is 0. The zero-order valence-electron chi connectivity index (χ0n) is 8.61. The third-order valence-electron chi connectivity index (χ3n) is 1.91. The molecule has 0 aliphatic carbocycles. The zero-order chi connectivity index (χ0) is 9.52. The van der Waals surface area contributed by atoms with Crippen LogP contribution < -0.4 is 0 Å². The van der Waals surface area contributed by atoms with E-state index in [1.165, 1.54) is 5.56 Å². The first-order valence-electron chi connectivity index (χ1n) is 4.69. The van der Waals surface area contributed by atoms with E-state index in [1.54, 1.807) is 0 Å². The van der Waals surface area contributed by atoms with Gasteiger partial charge in [-0.25, -0.2) is 24.3 Å². The van der Waals surface area contributed by atoms with Crippen molar-refractivity contribution >= 4 is 0 Å². The van der Waals surface area contributed by atoms with Gasteiger partial charge in [0.05, 0.1) is 0 Å². The standard InChI is InChI=1S/C8H11.C5H5.Co/c1-7(2)8-5-3-4-6-8;1-2-4-5-3-1;/h3-7H,1-2H3;1-5H;/q2*-1;+2. The second-order valence-corrected chi connectivity index (χ2v) is 3.34. The third-order valence-corrected chi connectivity index (χ3v) is 1.91. The van der Waals surface area contributed by atoms with E-state index in [0.29, 0.717) is 5.92 Å². The van der Waals surface area contributed by atoms with Gasteiger partial charge in [-0.3, -0.25) is 0 Å². The van der Waals surface area contributed by atoms with E-state index >= 15 is 0 Å². The molecule has 0 saturated carbocycles. The van der Waals surface area contributed by atoms with E-state index in [9.17, 15) is 0 Å². The van der Waals surface area contributed by atoms with Gasteiger partial charge in [-0.2, -0.15) is 35.9 Å². The molecule has 0 heterocycles. The molecule has 0 N–H and O–H groups in total. The van der Waals surface area contributed by atoms with E-state index in [0.717, 1.165) is 0 Å². The monoisotopic (exact) mass is 231 g/mol. The Bertz CT molecular complexity index is 260. The predicted molar refractivity (Wildman–Crippen MR) is 58.2 cm³/mol. The summed E-state index contributed by atoms with van der Waals surface area (Å²) in [7, 11) is 0. The number of hydrogen-bond donors (Lipinski definition) is 0. The molecule has 0 saturated heterocycles. The van der Waals surface area contributed by atoms with Crippen molar-refractivity contribution in [2.45, 2.75) is 19.8 Å². The second-order valence-electron chi connectivity index (χ2n) is 3.34. The van der Waals surface area contributed by atoms with Crippen LogP contribution in [-0.2, 0) is 16.8 Å². The summed E-state index contributed by atoms with van der Waals surface area (Å²) in [6.45, 7) is 4.41. The maximum atomic E-state index is 2.20. The van der Waals surface area contributed by atoms with E-state index in [2.05, 4.69) is 38.1 Å².